The number of nitrogens with one attached hydrogen (secondary N) is 1. The van der Waals surface area contributed by atoms with E-state index >= 15 is 0 Å². The third-order valence-electron chi connectivity index (χ3n) is 2.12. The normalized spacial score (nSPS) is 9.33. The Morgan fingerprint density at radius 2 is 2.13 bits per heavy atom. The van der Waals surface area contributed by atoms with Gasteiger partial charge in [0.05, 0.1) is 0 Å². The van der Waals surface area contributed by atoms with Gasteiger partial charge in [-0.2, -0.15) is 0 Å². The molecule has 2 rings (SSSR count). The molecule has 0 unspecified atom stereocenters. The Bertz CT molecular complexity index is 584. The SMILES string of the molecule is O=CC#Cc1ccc2[nH]cc(C=O)c2c1. The number of aromatic nitrogens is 1. The lowest BCUT2D eigenvalue weighted by atomic mass is 10.1. The Kier molecular flexibility index (Phi) is 2.34. The molecule has 1 N–H and O–H groups in total. The molecule has 0 radical (unpaired) electrons. The van der Waals surface area contributed by atoms with Gasteiger partial charge in [-0.05, 0) is 24.1 Å². The zero-order chi connectivity index (χ0) is 10.7. The molecule has 0 atom stereocenters. The summed E-state index contributed by atoms with van der Waals surface area (Å²) in [6.07, 6.45) is 2.98. The maximum absolute atomic E-state index is 10.7. The fourth-order valence-electron chi connectivity index (χ4n) is 1.43. The monoisotopic (exact) mass is 197 g/mol. The number of hydrogen-bond acceptors (Lipinski definition) is 2. The molecule has 1 aromatic carbocycles. The van der Waals surface area contributed by atoms with Gasteiger partial charge >= 0.3 is 0 Å². The van der Waals surface area contributed by atoms with Gasteiger partial charge in [-0.1, -0.05) is 5.92 Å². The number of fused-ring (bicyclic) bond motifs is 1. The zero-order valence-electron chi connectivity index (χ0n) is 7.78. The van der Waals surface area contributed by atoms with Crippen LogP contribution in [0.3, 0.4) is 0 Å². The van der Waals surface area contributed by atoms with Crippen LogP contribution in [0.2, 0.25) is 0 Å². The smallest absolute Gasteiger partial charge is 0.193 e. The minimum atomic E-state index is 0.544. The number of rotatable bonds is 1. The van der Waals surface area contributed by atoms with E-state index in [0.717, 1.165) is 22.8 Å². The van der Waals surface area contributed by atoms with Crippen LogP contribution in [-0.4, -0.2) is 17.6 Å². The molecule has 1 aromatic heterocycles. The Morgan fingerprint density at radius 3 is 2.87 bits per heavy atom. The van der Waals surface area contributed by atoms with Crippen molar-refractivity contribution in [2.75, 3.05) is 0 Å². The number of hydrogen-bond donors (Lipinski definition) is 1. The number of aromatic amines is 1. The molecule has 1 heterocycles. The first-order valence-electron chi connectivity index (χ1n) is 4.36. The maximum atomic E-state index is 10.7. The molecular formula is C12H7NO2. The van der Waals surface area contributed by atoms with Crippen LogP contribution in [0.5, 0.6) is 0 Å². The molecule has 0 bridgehead atoms. The van der Waals surface area contributed by atoms with E-state index in [1.165, 1.54) is 0 Å². The van der Waals surface area contributed by atoms with E-state index in [0.29, 0.717) is 11.8 Å². The van der Waals surface area contributed by atoms with E-state index in [1.807, 2.05) is 6.07 Å². The van der Waals surface area contributed by atoms with Crippen molar-refractivity contribution in [1.29, 1.82) is 0 Å². The van der Waals surface area contributed by atoms with Crippen molar-refractivity contribution in [1.82, 2.24) is 4.98 Å². The number of carbonyl (C=O) groups is 2. The molecule has 0 aliphatic rings. The predicted octanol–water partition coefficient (Wildman–Crippen LogP) is 1.53. The van der Waals surface area contributed by atoms with Gasteiger partial charge in [0.2, 0.25) is 0 Å². The second-order valence-corrected chi connectivity index (χ2v) is 3.01. The number of carbonyl (C=O) groups excluding carboxylic acids is 2. The Labute approximate surface area is 86.1 Å². The second kappa shape index (κ2) is 3.81. The van der Waals surface area contributed by atoms with Crippen molar-refractivity contribution in [3.8, 4) is 11.8 Å². The van der Waals surface area contributed by atoms with E-state index in [1.54, 1.807) is 18.3 Å². The van der Waals surface area contributed by atoms with Crippen molar-refractivity contribution in [2.45, 2.75) is 0 Å². The Balaban J connectivity index is 2.62. The lowest BCUT2D eigenvalue weighted by Gasteiger charge is -1.92. The molecule has 0 saturated heterocycles. The molecule has 0 fully saturated rings. The summed E-state index contributed by atoms with van der Waals surface area (Å²) < 4.78 is 0. The second-order valence-electron chi connectivity index (χ2n) is 3.01. The van der Waals surface area contributed by atoms with Crippen LogP contribution >= 0.6 is 0 Å². The van der Waals surface area contributed by atoms with Crippen molar-refractivity contribution in [3.05, 3.63) is 35.5 Å². The van der Waals surface area contributed by atoms with E-state index in [-0.39, 0.29) is 0 Å². The Morgan fingerprint density at radius 1 is 1.27 bits per heavy atom. The van der Waals surface area contributed by atoms with E-state index in [2.05, 4.69) is 16.8 Å². The third-order valence-corrected chi connectivity index (χ3v) is 2.12. The van der Waals surface area contributed by atoms with Gasteiger partial charge < -0.3 is 4.98 Å². The first kappa shape index (κ1) is 9.22. The molecule has 0 spiro atoms. The summed E-state index contributed by atoms with van der Waals surface area (Å²) in [5.41, 5.74) is 2.20. The highest BCUT2D eigenvalue weighted by molar-refractivity contribution is 5.97. The summed E-state index contributed by atoms with van der Waals surface area (Å²) >= 11 is 0. The molecule has 0 saturated carbocycles. The van der Waals surface area contributed by atoms with Gasteiger partial charge in [-0.15, -0.1) is 0 Å². The first-order chi connectivity index (χ1) is 7.35. The highest BCUT2D eigenvalue weighted by atomic mass is 16.1. The lowest BCUT2D eigenvalue weighted by Crippen LogP contribution is -1.78. The van der Waals surface area contributed by atoms with E-state index in [4.69, 9.17) is 0 Å². The topological polar surface area (TPSA) is 49.9 Å². The summed E-state index contributed by atoms with van der Waals surface area (Å²) in [5.74, 6) is 5.01. The van der Waals surface area contributed by atoms with Gasteiger partial charge in [0.15, 0.2) is 12.6 Å². The average molecular weight is 197 g/mol. The van der Waals surface area contributed by atoms with Crippen LogP contribution in [0.25, 0.3) is 10.9 Å². The Hall–Kier alpha value is -2.34. The molecule has 0 aliphatic carbocycles. The minimum Gasteiger partial charge on any atom is -0.360 e. The van der Waals surface area contributed by atoms with Crippen LogP contribution in [0, 0.1) is 11.8 Å². The van der Waals surface area contributed by atoms with Crippen molar-refractivity contribution in [3.63, 3.8) is 0 Å². The molecule has 3 nitrogen and oxygen atoms in total. The summed E-state index contributed by atoms with van der Waals surface area (Å²) in [6, 6.07) is 5.41. The average Bonchev–Trinajstić information content (AvgIpc) is 2.68. The molecule has 72 valence electrons. The minimum absolute atomic E-state index is 0.544. The van der Waals surface area contributed by atoms with Crippen LogP contribution in [0.1, 0.15) is 15.9 Å². The van der Waals surface area contributed by atoms with E-state index in [9.17, 15) is 9.59 Å². The van der Waals surface area contributed by atoms with Gasteiger partial charge in [0, 0.05) is 28.2 Å². The lowest BCUT2D eigenvalue weighted by molar-refractivity contribution is -0.103. The fraction of sp³-hybridized carbons (Fsp3) is 0. The van der Waals surface area contributed by atoms with Crippen molar-refractivity contribution >= 4 is 23.5 Å². The quantitative estimate of drug-likeness (QED) is 0.556. The number of H-pyrrole nitrogens is 1. The zero-order valence-corrected chi connectivity index (χ0v) is 7.78. The highest BCUT2D eigenvalue weighted by Crippen LogP contribution is 2.17. The molecule has 2 aromatic rings. The van der Waals surface area contributed by atoms with Crippen LogP contribution in [-0.2, 0) is 4.79 Å². The third kappa shape index (κ3) is 1.65. The summed E-state index contributed by atoms with van der Waals surface area (Å²) in [5, 5.41) is 0.822. The molecule has 3 heteroatoms. The van der Waals surface area contributed by atoms with Crippen molar-refractivity contribution in [2.24, 2.45) is 0 Å². The largest absolute Gasteiger partial charge is 0.360 e. The molecule has 0 amide bonds. The van der Waals surface area contributed by atoms with Gasteiger partial charge in [-0.25, -0.2) is 0 Å². The fourth-order valence-corrected chi connectivity index (χ4v) is 1.43. The van der Waals surface area contributed by atoms with Crippen molar-refractivity contribution < 1.29 is 9.59 Å². The number of aldehydes is 2. The standard InChI is InChI=1S/C12H7NO2/c14-5-1-2-9-3-4-12-11(6-9)10(8-15)7-13-12/h3-8,13H. The van der Waals surface area contributed by atoms with Crippen LogP contribution in [0.4, 0.5) is 0 Å². The first-order valence-corrected chi connectivity index (χ1v) is 4.36. The predicted molar refractivity (Wildman–Crippen MR) is 56.6 cm³/mol. The summed E-state index contributed by atoms with van der Waals surface area (Å²) in [7, 11) is 0. The summed E-state index contributed by atoms with van der Waals surface area (Å²) in [6.45, 7) is 0. The molecule has 0 aliphatic heterocycles. The van der Waals surface area contributed by atoms with Crippen LogP contribution < -0.4 is 0 Å². The highest BCUT2D eigenvalue weighted by Gasteiger charge is 2.02. The number of benzene rings is 1. The van der Waals surface area contributed by atoms with Gasteiger partial charge in [-0.3, -0.25) is 9.59 Å². The molecule has 15 heavy (non-hydrogen) atoms. The van der Waals surface area contributed by atoms with Crippen LogP contribution in [0.15, 0.2) is 24.4 Å². The van der Waals surface area contributed by atoms with Gasteiger partial charge in [0.1, 0.15) is 0 Å². The maximum Gasteiger partial charge on any atom is 0.193 e. The van der Waals surface area contributed by atoms with Gasteiger partial charge in [0.25, 0.3) is 0 Å². The molecular weight excluding hydrogens is 190 g/mol. The summed E-state index contributed by atoms with van der Waals surface area (Å²) in [4.78, 5) is 23.7. The van der Waals surface area contributed by atoms with E-state index < -0.39 is 0 Å².